The molecule has 0 unspecified atom stereocenters. The summed E-state index contributed by atoms with van der Waals surface area (Å²) < 4.78 is 12.2. The number of benzene rings is 3. The third-order valence-electron chi connectivity index (χ3n) is 4.99. The van der Waals surface area contributed by atoms with Crippen LogP contribution in [0.2, 0.25) is 0 Å². The van der Waals surface area contributed by atoms with Crippen LogP contribution in [-0.4, -0.2) is 0 Å². The standard InChI is InChI=1S/C25H22O3/c1-3-18-13-14-22-21(15-18)23(26)25(24(28-22)19-10-5-4-6-11-19)27-16-20-12-8-7-9-17(20)2/h4-15H,3,16H2,1-2H3. The molecule has 0 fully saturated rings. The normalized spacial score (nSPS) is 10.9. The molecule has 3 aromatic carbocycles. The van der Waals surface area contributed by atoms with Crippen LogP contribution >= 0.6 is 0 Å². The van der Waals surface area contributed by atoms with E-state index in [0.29, 0.717) is 23.3 Å². The molecule has 4 aromatic rings. The van der Waals surface area contributed by atoms with Crippen LogP contribution in [0.3, 0.4) is 0 Å². The molecule has 0 aliphatic heterocycles. The summed E-state index contributed by atoms with van der Waals surface area (Å²) in [6, 6.07) is 23.4. The smallest absolute Gasteiger partial charge is 0.235 e. The molecule has 0 saturated heterocycles. The first-order valence-corrected chi connectivity index (χ1v) is 9.50. The van der Waals surface area contributed by atoms with Gasteiger partial charge in [0, 0.05) is 5.56 Å². The van der Waals surface area contributed by atoms with Crippen molar-refractivity contribution in [1.82, 2.24) is 0 Å². The summed E-state index contributed by atoms with van der Waals surface area (Å²) in [5.74, 6) is 0.728. The Morgan fingerprint density at radius 3 is 2.43 bits per heavy atom. The Kier molecular flexibility index (Phi) is 4.98. The quantitative estimate of drug-likeness (QED) is 0.438. The molecule has 0 aliphatic carbocycles. The maximum absolute atomic E-state index is 13.3. The highest BCUT2D eigenvalue weighted by atomic mass is 16.5. The molecule has 0 aliphatic rings. The lowest BCUT2D eigenvalue weighted by Gasteiger charge is -2.13. The predicted octanol–water partition coefficient (Wildman–Crippen LogP) is 5.91. The molecule has 0 bridgehead atoms. The van der Waals surface area contributed by atoms with Gasteiger partial charge in [0.05, 0.1) is 5.39 Å². The topological polar surface area (TPSA) is 39.4 Å². The Labute approximate surface area is 164 Å². The molecule has 4 rings (SSSR count). The number of aryl methyl sites for hydroxylation is 2. The monoisotopic (exact) mass is 370 g/mol. The molecule has 0 saturated carbocycles. The number of fused-ring (bicyclic) bond motifs is 1. The van der Waals surface area contributed by atoms with Crippen molar-refractivity contribution in [2.24, 2.45) is 0 Å². The van der Waals surface area contributed by atoms with Crippen molar-refractivity contribution >= 4 is 11.0 Å². The number of hydrogen-bond acceptors (Lipinski definition) is 3. The van der Waals surface area contributed by atoms with Gasteiger partial charge in [0.2, 0.25) is 11.2 Å². The lowest BCUT2D eigenvalue weighted by Crippen LogP contribution is -2.11. The first kappa shape index (κ1) is 18.1. The Bertz CT molecular complexity index is 1170. The molecule has 0 N–H and O–H groups in total. The zero-order valence-corrected chi connectivity index (χ0v) is 16.1. The van der Waals surface area contributed by atoms with Crippen LogP contribution in [0.15, 0.2) is 82.0 Å². The van der Waals surface area contributed by atoms with Crippen LogP contribution in [0.4, 0.5) is 0 Å². The highest BCUT2D eigenvalue weighted by Gasteiger charge is 2.18. The van der Waals surface area contributed by atoms with Crippen LogP contribution in [0.25, 0.3) is 22.3 Å². The Balaban J connectivity index is 1.87. The van der Waals surface area contributed by atoms with E-state index in [4.69, 9.17) is 9.15 Å². The third-order valence-corrected chi connectivity index (χ3v) is 4.99. The van der Waals surface area contributed by atoms with E-state index < -0.39 is 0 Å². The van der Waals surface area contributed by atoms with Crippen molar-refractivity contribution in [3.63, 3.8) is 0 Å². The minimum atomic E-state index is -0.135. The van der Waals surface area contributed by atoms with Gasteiger partial charge in [-0.15, -0.1) is 0 Å². The largest absolute Gasteiger partial charge is 0.481 e. The summed E-state index contributed by atoms with van der Waals surface area (Å²) in [6.07, 6.45) is 0.856. The third kappa shape index (κ3) is 3.44. The Hall–Kier alpha value is -3.33. The van der Waals surface area contributed by atoms with Gasteiger partial charge >= 0.3 is 0 Å². The minimum absolute atomic E-state index is 0.135. The second-order valence-corrected chi connectivity index (χ2v) is 6.85. The molecular formula is C25H22O3. The van der Waals surface area contributed by atoms with Gasteiger partial charge < -0.3 is 9.15 Å². The van der Waals surface area contributed by atoms with E-state index in [2.05, 4.69) is 6.92 Å². The summed E-state index contributed by atoms with van der Waals surface area (Å²) in [5, 5.41) is 0.554. The van der Waals surface area contributed by atoms with Crippen molar-refractivity contribution in [2.75, 3.05) is 0 Å². The van der Waals surface area contributed by atoms with Crippen LogP contribution in [0.5, 0.6) is 5.75 Å². The summed E-state index contributed by atoms with van der Waals surface area (Å²) >= 11 is 0. The van der Waals surface area contributed by atoms with Crippen LogP contribution in [0, 0.1) is 6.92 Å². The fraction of sp³-hybridized carbons (Fsp3) is 0.160. The highest BCUT2D eigenvalue weighted by molar-refractivity contribution is 5.82. The van der Waals surface area contributed by atoms with E-state index >= 15 is 0 Å². The van der Waals surface area contributed by atoms with Gasteiger partial charge in [-0.3, -0.25) is 4.79 Å². The van der Waals surface area contributed by atoms with Crippen molar-refractivity contribution in [3.8, 4) is 17.1 Å². The van der Waals surface area contributed by atoms with Crippen molar-refractivity contribution in [2.45, 2.75) is 26.9 Å². The molecule has 0 spiro atoms. The maximum atomic E-state index is 13.3. The molecule has 28 heavy (non-hydrogen) atoms. The number of rotatable bonds is 5. The van der Waals surface area contributed by atoms with E-state index in [0.717, 1.165) is 28.7 Å². The fourth-order valence-electron chi connectivity index (χ4n) is 3.28. The van der Waals surface area contributed by atoms with E-state index in [9.17, 15) is 4.79 Å². The van der Waals surface area contributed by atoms with Crippen molar-refractivity contribution in [3.05, 3.63) is 99.7 Å². The molecular weight excluding hydrogens is 348 g/mol. The van der Waals surface area contributed by atoms with Gasteiger partial charge in [-0.2, -0.15) is 0 Å². The van der Waals surface area contributed by atoms with E-state index in [-0.39, 0.29) is 11.2 Å². The zero-order valence-electron chi connectivity index (χ0n) is 16.1. The van der Waals surface area contributed by atoms with Gasteiger partial charge in [0.25, 0.3) is 0 Å². The van der Waals surface area contributed by atoms with Crippen LogP contribution in [0.1, 0.15) is 23.6 Å². The second kappa shape index (κ2) is 7.73. The van der Waals surface area contributed by atoms with E-state index in [1.54, 1.807) is 0 Å². The highest BCUT2D eigenvalue weighted by Crippen LogP contribution is 2.31. The van der Waals surface area contributed by atoms with Crippen LogP contribution < -0.4 is 10.2 Å². The van der Waals surface area contributed by atoms with Crippen molar-refractivity contribution in [1.29, 1.82) is 0 Å². The molecule has 0 radical (unpaired) electrons. The summed E-state index contributed by atoms with van der Waals surface area (Å²) in [6.45, 7) is 4.42. The molecule has 0 amide bonds. The Morgan fingerprint density at radius 1 is 0.929 bits per heavy atom. The lowest BCUT2D eigenvalue weighted by atomic mass is 10.1. The van der Waals surface area contributed by atoms with Gasteiger partial charge in [-0.25, -0.2) is 0 Å². The summed E-state index contributed by atoms with van der Waals surface area (Å²) in [7, 11) is 0. The minimum Gasteiger partial charge on any atom is -0.481 e. The summed E-state index contributed by atoms with van der Waals surface area (Å²) in [4.78, 5) is 13.3. The van der Waals surface area contributed by atoms with Gasteiger partial charge in [0.15, 0.2) is 5.76 Å². The zero-order chi connectivity index (χ0) is 19.5. The molecule has 0 atom stereocenters. The maximum Gasteiger partial charge on any atom is 0.235 e. The first-order valence-electron chi connectivity index (χ1n) is 9.50. The fourth-order valence-corrected chi connectivity index (χ4v) is 3.28. The first-order chi connectivity index (χ1) is 13.7. The van der Waals surface area contributed by atoms with Gasteiger partial charge in [-0.05, 0) is 42.2 Å². The Morgan fingerprint density at radius 2 is 1.68 bits per heavy atom. The molecule has 3 nitrogen and oxygen atoms in total. The average molecular weight is 370 g/mol. The van der Waals surface area contributed by atoms with E-state index in [1.165, 1.54) is 0 Å². The molecule has 3 heteroatoms. The van der Waals surface area contributed by atoms with Gasteiger partial charge in [0.1, 0.15) is 12.2 Å². The SMILES string of the molecule is CCc1ccc2oc(-c3ccccc3)c(OCc3ccccc3C)c(=O)c2c1. The predicted molar refractivity (Wildman–Crippen MR) is 113 cm³/mol. The molecule has 1 aromatic heterocycles. The lowest BCUT2D eigenvalue weighted by molar-refractivity contribution is 0.297. The second-order valence-electron chi connectivity index (χ2n) is 6.85. The average Bonchev–Trinajstić information content (AvgIpc) is 2.74. The molecule has 140 valence electrons. The van der Waals surface area contributed by atoms with Crippen LogP contribution in [-0.2, 0) is 13.0 Å². The van der Waals surface area contributed by atoms with Gasteiger partial charge in [-0.1, -0.05) is 67.6 Å². The van der Waals surface area contributed by atoms with Crippen molar-refractivity contribution < 1.29 is 9.15 Å². The summed E-state index contributed by atoms with van der Waals surface area (Å²) in [5.41, 5.74) is 4.52. The van der Waals surface area contributed by atoms with E-state index in [1.807, 2.05) is 79.7 Å². The molecule has 1 heterocycles. The number of ether oxygens (including phenoxy) is 1. The number of hydrogen-bond donors (Lipinski definition) is 0.